The summed E-state index contributed by atoms with van der Waals surface area (Å²) in [5, 5.41) is 23.1. The predicted octanol–water partition coefficient (Wildman–Crippen LogP) is 5.32. The van der Waals surface area contributed by atoms with Gasteiger partial charge < -0.3 is 19.6 Å². The number of aliphatic hydroxyl groups is 1. The van der Waals surface area contributed by atoms with Gasteiger partial charge in [-0.15, -0.1) is 0 Å². The van der Waals surface area contributed by atoms with Gasteiger partial charge in [-0.1, -0.05) is 38.8 Å². The monoisotopic (exact) mass is 523 g/mol. The number of carbonyl (C=O) groups excluding carboxylic acids is 2. The van der Waals surface area contributed by atoms with E-state index in [1.54, 1.807) is 30.3 Å². The minimum Gasteiger partial charge on any atom is -0.507 e. The molecule has 9 nitrogen and oxygen atoms in total. The Morgan fingerprint density at radius 1 is 1.00 bits per heavy atom. The van der Waals surface area contributed by atoms with Crippen molar-refractivity contribution in [2.45, 2.75) is 52.0 Å². The number of unbranched alkanes of at least 4 members (excludes halogenated alkanes) is 2. The molecule has 3 rings (SSSR count). The summed E-state index contributed by atoms with van der Waals surface area (Å²) in [5.74, 6) is -1.43. The van der Waals surface area contributed by atoms with Gasteiger partial charge in [0.1, 0.15) is 11.5 Å². The molecular weight excluding hydrogens is 486 g/mol. The van der Waals surface area contributed by atoms with Crippen LogP contribution in [0, 0.1) is 10.1 Å². The smallest absolute Gasteiger partial charge is 0.295 e. The molecule has 0 aliphatic carbocycles. The third kappa shape index (κ3) is 6.58. The lowest BCUT2D eigenvalue weighted by molar-refractivity contribution is -0.385. The molecule has 1 saturated heterocycles. The highest BCUT2D eigenvalue weighted by Crippen LogP contribution is 2.42. The fourth-order valence-corrected chi connectivity index (χ4v) is 4.79. The van der Waals surface area contributed by atoms with E-state index < -0.39 is 22.7 Å². The van der Waals surface area contributed by atoms with Crippen molar-refractivity contribution >= 4 is 23.1 Å². The van der Waals surface area contributed by atoms with Gasteiger partial charge in [0.15, 0.2) is 0 Å². The average molecular weight is 524 g/mol. The van der Waals surface area contributed by atoms with E-state index in [9.17, 15) is 24.8 Å². The summed E-state index contributed by atoms with van der Waals surface area (Å²) in [6.07, 6.45) is 4.92. The van der Waals surface area contributed by atoms with Gasteiger partial charge in [-0.05, 0) is 69.2 Å². The molecule has 0 radical (unpaired) electrons. The molecule has 1 heterocycles. The summed E-state index contributed by atoms with van der Waals surface area (Å²) < 4.78 is 5.17. The van der Waals surface area contributed by atoms with E-state index in [0.717, 1.165) is 45.3 Å². The van der Waals surface area contributed by atoms with E-state index in [1.807, 2.05) is 0 Å². The highest BCUT2D eigenvalue weighted by Gasteiger charge is 2.47. The van der Waals surface area contributed by atoms with Crippen LogP contribution >= 0.6 is 0 Å². The standard InChI is InChI=1S/C29H37N3O6/c1-4-6-17-30(18-7-5-2)19-10-20-31-26(23-11-8-9-12-24(23)32(36)37)25(28(34)29(31)35)27(33)21-13-15-22(38-3)16-14-21/h8-9,11-16,26,33H,4-7,10,17-20H2,1-3H3/b27-25-. The topological polar surface area (TPSA) is 113 Å². The van der Waals surface area contributed by atoms with Crippen molar-refractivity contribution in [3.63, 3.8) is 0 Å². The molecule has 0 bridgehead atoms. The van der Waals surface area contributed by atoms with E-state index in [4.69, 9.17) is 4.74 Å². The Balaban J connectivity index is 2.00. The van der Waals surface area contributed by atoms with Crippen LogP contribution in [0.5, 0.6) is 5.75 Å². The molecule has 1 aliphatic rings. The number of ketones is 1. The van der Waals surface area contributed by atoms with Crippen LogP contribution in [-0.2, 0) is 9.59 Å². The van der Waals surface area contributed by atoms with Crippen molar-refractivity contribution in [2.75, 3.05) is 33.3 Å². The summed E-state index contributed by atoms with van der Waals surface area (Å²) in [7, 11) is 1.51. The van der Waals surface area contributed by atoms with E-state index >= 15 is 0 Å². The van der Waals surface area contributed by atoms with Gasteiger partial charge in [-0.25, -0.2) is 0 Å². The van der Waals surface area contributed by atoms with Gasteiger partial charge in [-0.3, -0.25) is 19.7 Å². The number of hydrogen-bond donors (Lipinski definition) is 1. The van der Waals surface area contributed by atoms with Gasteiger partial charge in [0.05, 0.1) is 29.2 Å². The number of Topliss-reactive ketones (excluding diaryl/α,β-unsaturated/α-hetero) is 1. The quantitative estimate of drug-likeness (QED) is 0.117. The maximum Gasteiger partial charge on any atom is 0.295 e. The van der Waals surface area contributed by atoms with Crippen LogP contribution in [0.2, 0.25) is 0 Å². The van der Waals surface area contributed by atoms with Gasteiger partial charge in [0.2, 0.25) is 0 Å². The maximum absolute atomic E-state index is 13.3. The second-order valence-corrected chi connectivity index (χ2v) is 9.44. The first-order valence-corrected chi connectivity index (χ1v) is 13.2. The number of nitro groups is 1. The zero-order valence-electron chi connectivity index (χ0n) is 22.4. The molecule has 1 fully saturated rings. The number of amides is 1. The molecular formula is C29H37N3O6. The molecule has 1 amide bonds. The van der Waals surface area contributed by atoms with Crippen LogP contribution < -0.4 is 4.74 Å². The third-order valence-corrected chi connectivity index (χ3v) is 6.86. The number of likely N-dealkylation sites (tertiary alicyclic amines) is 1. The third-order valence-electron chi connectivity index (χ3n) is 6.86. The Morgan fingerprint density at radius 2 is 1.61 bits per heavy atom. The van der Waals surface area contributed by atoms with Gasteiger partial charge in [-0.2, -0.15) is 0 Å². The number of ether oxygens (including phenoxy) is 1. The second kappa shape index (κ2) is 13.7. The first-order chi connectivity index (χ1) is 18.3. The molecule has 0 spiro atoms. The molecule has 0 aromatic heterocycles. The SMILES string of the molecule is CCCCN(CCCC)CCCN1C(=O)C(=O)/C(=C(\O)c2ccc(OC)cc2)C1c1ccccc1[N+](=O)[O-]. The number of benzene rings is 2. The van der Waals surface area contributed by atoms with Crippen molar-refractivity contribution < 1.29 is 24.4 Å². The fraction of sp³-hybridized carbons (Fsp3) is 0.448. The number of hydrogen-bond acceptors (Lipinski definition) is 7. The molecule has 1 N–H and O–H groups in total. The summed E-state index contributed by atoms with van der Waals surface area (Å²) in [6, 6.07) is 11.4. The second-order valence-electron chi connectivity index (χ2n) is 9.44. The van der Waals surface area contributed by atoms with Crippen LogP contribution in [0.1, 0.15) is 63.1 Å². The van der Waals surface area contributed by atoms with Crippen LogP contribution in [0.25, 0.3) is 5.76 Å². The Bertz CT molecular complexity index is 1150. The van der Waals surface area contributed by atoms with Crippen molar-refractivity contribution in [1.82, 2.24) is 9.80 Å². The van der Waals surface area contributed by atoms with E-state index in [0.29, 0.717) is 17.7 Å². The molecule has 1 aliphatic heterocycles. The Labute approximate surface area is 223 Å². The van der Waals surface area contributed by atoms with Crippen LogP contribution in [0.15, 0.2) is 54.1 Å². The van der Waals surface area contributed by atoms with Crippen molar-refractivity contribution in [2.24, 2.45) is 0 Å². The van der Waals surface area contributed by atoms with Gasteiger partial charge >= 0.3 is 0 Å². The van der Waals surface area contributed by atoms with Crippen molar-refractivity contribution in [3.05, 3.63) is 75.3 Å². The number of nitrogens with zero attached hydrogens (tertiary/aromatic N) is 3. The summed E-state index contributed by atoms with van der Waals surface area (Å²) in [5.41, 5.74) is 0.152. The highest BCUT2D eigenvalue weighted by molar-refractivity contribution is 6.46. The minimum absolute atomic E-state index is 0.150. The lowest BCUT2D eigenvalue weighted by Gasteiger charge is -2.27. The van der Waals surface area contributed by atoms with Crippen LogP contribution in [0.3, 0.4) is 0 Å². The summed E-state index contributed by atoms with van der Waals surface area (Å²) in [4.78, 5) is 41.6. The van der Waals surface area contributed by atoms with Crippen molar-refractivity contribution in [1.29, 1.82) is 0 Å². The lowest BCUT2D eigenvalue weighted by Crippen LogP contribution is -2.34. The largest absolute Gasteiger partial charge is 0.507 e. The summed E-state index contributed by atoms with van der Waals surface area (Å²) in [6.45, 7) is 7.18. The Hall–Kier alpha value is -3.72. The molecule has 2 aromatic carbocycles. The molecule has 38 heavy (non-hydrogen) atoms. The average Bonchev–Trinajstić information content (AvgIpc) is 3.18. The first kappa shape index (κ1) is 28.8. The maximum atomic E-state index is 13.3. The molecule has 1 atom stereocenters. The molecule has 0 saturated carbocycles. The van der Waals surface area contributed by atoms with E-state index in [1.165, 1.54) is 30.2 Å². The van der Waals surface area contributed by atoms with E-state index in [-0.39, 0.29) is 29.1 Å². The number of carbonyl (C=O) groups is 2. The fourth-order valence-electron chi connectivity index (χ4n) is 4.79. The number of nitro benzene ring substituents is 1. The normalized spacial score (nSPS) is 16.8. The highest BCUT2D eigenvalue weighted by atomic mass is 16.6. The van der Waals surface area contributed by atoms with E-state index in [2.05, 4.69) is 18.7 Å². The first-order valence-electron chi connectivity index (χ1n) is 13.2. The number of para-hydroxylation sites is 1. The zero-order valence-corrected chi connectivity index (χ0v) is 22.4. The number of rotatable bonds is 14. The number of methoxy groups -OCH3 is 1. The minimum atomic E-state index is -1.07. The van der Waals surface area contributed by atoms with Crippen LogP contribution in [-0.4, -0.2) is 64.8 Å². The molecule has 1 unspecified atom stereocenters. The Kier molecular flexibility index (Phi) is 10.4. The zero-order chi connectivity index (χ0) is 27.7. The van der Waals surface area contributed by atoms with Crippen LogP contribution in [0.4, 0.5) is 5.69 Å². The molecule has 204 valence electrons. The molecule has 2 aromatic rings. The summed E-state index contributed by atoms with van der Waals surface area (Å²) >= 11 is 0. The molecule has 9 heteroatoms. The number of aliphatic hydroxyl groups excluding tert-OH is 1. The van der Waals surface area contributed by atoms with Gasteiger partial charge in [0.25, 0.3) is 17.4 Å². The van der Waals surface area contributed by atoms with Crippen molar-refractivity contribution in [3.8, 4) is 5.75 Å². The predicted molar refractivity (Wildman–Crippen MR) is 146 cm³/mol. The van der Waals surface area contributed by atoms with Gasteiger partial charge in [0, 0.05) is 18.2 Å². The Morgan fingerprint density at radius 3 is 2.18 bits per heavy atom. The lowest BCUT2D eigenvalue weighted by atomic mass is 9.94.